The second-order valence-corrected chi connectivity index (χ2v) is 8.46. The summed E-state index contributed by atoms with van der Waals surface area (Å²) < 4.78 is 11.3. The van der Waals surface area contributed by atoms with Crippen molar-refractivity contribution in [1.29, 1.82) is 0 Å². The first-order valence-corrected chi connectivity index (χ1v) is 11.3. The van der Waals surface area contributed by atoms with Gasteiger partial charge in [-0.3, -0.25) is 9.59 Å². The number of piperazine rings is 1. The molecule has 2 aliphatic rings. The molecule has 0 atom stereocenters. The highest BCUT2D eigenvalue weighted by Gasteiger charge is 2.29. The molecule has 8 nitrogen and oxygen atoms in total. The molecule has 2 aliphatic heterocycles. The van der Waals surface area contributed by atoms with Crippen LogP contribution in [0.3, 0.4) is 0 Å². The van der Waals surface area contributed by atoms with Gasteiger partial charge in [-0.05, 0) is 43.4 Å². The average Bonchev–Trinajstić information content (AvgIpc) is 2.86. The lowest BCUT2D eigenvalue weighted by Crippen LogP contribution is -2.55. The van der Waals surface area contributed by atoms with Gasteiger partial charge in [0, 0.05) is 51.0 Å². The fourth-order valence-corrected chi connectivity index (χ4v) is 4.34. The maximum Gasteiger partial charge on any atom is 0.308 e. The molecular weight excluding hydrogens is 420 g/mol. The van der Waals surface area contributed by atoms with E-state index < -0.39 is 0 Å². The zero-order valence-electron chi connectivity index (χ0n) is 18.8. The van der Waals surface area contributed by atoms with E-state index in [-0.39, 0.29) is 17.1 Å². The number of morpholine rings is 1. The number of para-hydroxylation sites is 1. The number of amides is 1. The van der Waals surface area contributed by atoms with Crippen LogP contribution in [0.15, 0.2) is 63.8 Å². The summed E-state index contributed by atoms with van der Waals surface area (Å²) in [5, 5.41) is 4.15. The number of likely N-dealkylation sites (N-methyl/N-ethyl adjacent to an activating group) is 1. The van der Waals surface area contributed by atoms with E-state index >= 15 is 0 Å². The SMILES string of the molecule is CN1CCN(N(C(=O)c2cc(=O)c3ccccc3o2)c2ccc(N3CCOCC3)cc2)CC1. The Kier molecular flexibility index (Phi) is 6.13. The quantitative estimate of drug-likeness (QED) is 0.607. The lowest BCUT2D eigenvalue weighted by Gasteiger charge is -2.39. The highest BCUT2D eigenvalue weighted by atomic mass is 16.5. The van der Waals surface area contributed by atoms with Gasteiger partial charge in [0.05, 0.1) is 24.3 Å². The van der Waals surface area contributed by atoms with Crippen LogP contribution in [0.1, 0.15) is 10.6 Å². The number of fused-ring (bicyclic) bond motifs is 1. The van der Waals surface area contributed by atoms with Crippen molar-refractivity contribution in [2.75, 3.05) is 69.4 Å². The number of nitrogens with zero attached hydrogens (tertiary/aromatic N) is 4. The molecule has 5 rings (SSSR count). The molecule has 3 aromatic rings. The molecule has 0 spiro atoms. The summed E-state index contributed by atoms with van der Waals surface area (Å²) >= 11 is 0. The van der Waals surface area contributed by atoms with Crippen LogP contribution in [-0.4, -0.2) is 75.3 Å². The van der Waals surface area contributed by atoms with Crippen LogP contribution in [0.5, 0.6) is 0 Å². The molecule has 172 valence electrons. The van der Waals surface area contributed by atoms with Gasteiger partial charge in [-0.2, -0.15) is 0 Å². The van der Waals surface area contributed by atoms with E-state index in [2.05, 4.69) is 16.8 Å². The van der Waals surface area contributed by atoms with E-state index in [9.17, 15) is 9.59 Å². The Morgan fingerprint density at radius 3 is 2.33 bits per heavy atom. The number of carbonyl (C=O) groups excluding carboxylic acids is 1. The maximum atomic E-state index is 13.7. The van der Waals surface area contributed by atoms with E-state index in [1.54, 1.807) is 29.3 Å². The van der Waals surface area contributed by atoms with Crippen LogP contribution in [0.25, 0.3) is 11.0 Å². The number of carbonyl (C=O) groups is 1. The van der Waals surface area contributed by atoms with Crippen molar-refractivity contribution >= 4 is 28.3 Å². The highest BCUT2D eigenvalue weighted by Crippen LogP contribution is 2.26. The van der Waals surface area contributed by atoms with Crippen molar-refractivity contribution in [2.24, 2.45) is 0 Å². The predicted molar refractivity (Wildman–Crippen MR) is 128 cm³/mol. The van der Waals surface area contributed by atoms with Gasteiger partial charge in [-0.1, -0.05) is 12.1 Å². The molecule has 2 fully saturated rings. The molecule has 2 saturated heterocycles. The van der Waals surface area contributed by atoms with Crippen molar-refractivity contribution in [3.8, 4) is 0 Å². The van der Waals surface area contributed by atoms with Crippen LogP contribution in [-0.2, 0) is 4.74 Å². The molecule has 2 aromatic carbocycles. The Morgan fingerprint density at radius 1 is 0.909 bits per heavy atom. The second-order valence-electron chi connectivity index (χ2n) is 8.46. The normalized spacial score (nSPS) is 17.9. The minimum atomic E-state index is -0.346. The molecular formula is C25H28N4O4. The van der Waals surface area contributed by atoms with Crippen molar-refractivity contribution < 1.29 is 13.9 Å². The third kappa shape index (κ3) is 4.50. The fraction of sp³-hybridized carbons (Fsp3) is 0.360. The number of hydrogen-bond donors (Lipinski definition) is 0. The van der Waals surface area contributed by atoms with Gasteiger partial charge >= 0.3 is 5.91 Å². The molecule has 33 heavy (non-hydrogen) atoms. The molecule has 0 radical (unpaired) electrons. The van der Waals surface area contributed by atoms with Crippen molar-refractivity contribution in [3.05, 3.63) is 70.6 Å². The van der Waals surface area contributed by atoms with E-state index in [1.807, 2.05) is 29.3 Å². The van der Waals surface area contributed by atoms with Crippen molar-refractivity contribution in [2.45, 2.75) is 0 Å². The molecule has 0 aliphatic carbocycles. The lowest BCUT2D eigenvalue weighted by molar-refractivity contribution is 0.0794. The number of hydrazine groups is 1. The minimum Gasteiger partial charge on any atom is -0.451 e. The zero-order chi connectivity index (χ0) is 22.8. The molecule has 3 heterocycles. The van der Waals surface area contributed by atoms with Gasteiger partial charge in [-0.25, -0.2) is 10.0 Å². The molecule has 0 bridgehead atoms. The van der Waals surface area contributed by atoms with Crippen LogP contribution in [0.4, 0.5) is 11.4 Å². The molecule has 0 N–H and O–H groups in total. The van der Waals surface area contributed by atoms with Crippen LogP contribution >= 0.6 is 0 Å². The first-order valence-electron chi connectivity index (χ1n) is 11.3. The van der Waals surface area contributed by atoms with Gasteiger partial charge in [-0.15, -0.1) is 0 Å². The first-order chi connectivity index (χ1) is 16.1. The van der Waals surface area contributed by atoms with Gasteiger partial charge in [0.25, 0.3) is 0 Å². The fourth-order valence-electron chi connectivity index (χ4n) is 4.34. The number of hydrogen-bond acceptors (Lipinski definition) is 7. The number of rotatable bonds is 4. The Labute approximate surface area is 192 Å². The van der Waals surface area contributed by atoms with Crippen molar-refractivity contribution in [3.63, 3.8) is 0 Å². The molecule has 0 saturated carbocycles. The Morgan fingerprint density at radius 2 is 1.61 bits per heavy atom. The van der Waals surface area contributed by atoms with Crippen LogP contribution in [0.2, 0.25) is 0 Å². The summed E-state index contributed by atoms with van der Waals surface area (Å²) in [4.78, 5) is 30.9. The topological polar surface area (TPSA) is 69.5 Å². The Hall–Kier alpha value is -3.20. The van der Waals surface area contributed by atoms with Crippen molar-refractivity contribution in [1.82, 2.24) is 9.91 Å². The number of benzene rings is 2. The van der Waals surface area contributed by atoms with Gasteiger partial charge in [0.15, 0.2) is 11.2 Å². The molecule has 0 unspecified atom stereocenters. The highest BCUT2D eigenvalue weighted by molar-refractivity contribution is 6.04. The number of ether oxygens (including phenoxy) is 1. The molecule has 1 aromatic heterocycles. The van der Waals surface area contributed by atoms with E-state index in [0.717, 1.165) is 37.6 Å². The largest absolute Gasteiger partial charge is 0.451 e. The second kappa shape index (κ2) is 9.35. The summed E-state index contributed by atoms with van der Waals surface area (Å²) in [6.07, 6.45) is 0. The summed E-state index contributed by atoms with van der Waals surface area (Å²) in [7, 11) is 2.07. The average molecular weight is 449 g/mol. The van der Waals surface area contributed by atoms with Gasteiger partial charge < -0.3 is 19.0 Å². The zero-order valence-corrected chi connectivity index (χ0v) is 18.8. The monoisotopic (exact) mass is 448 g/mol. The first kappa shape index (κ1) is 21.6. The Balaban J connectivity index is 1.49. The predicted octanol–water partition coefficient (Wildman–Crippen LogP) is 2.44. The molecule has 8 heteroatoms. The summed E-state index contributed by atoms with van der Waals surface area (Å²) in [5.74, 6) is -0.309. The maximum absolute atomic E-state index is 13.7. The van der Waals surface area contributed by atoms with Gasteiger partial charge in [0.2, 0.25) is 0 Å². The van der Waals surface area contributed by atoms with E-state index in [0.29, 0.717) is 37.3 Å². The minimum absolute atomic E-state index is 0.0369. The van der Waals surface area contributed by atoms with E-state index in [1.165, 1.54) is 6.07 Å². The van der Waals surface area contributed by atoms with E-state index in [4.69, 9.17) is 9.15 Å². The third-order valence-electron chi connectivity index (χ3n) is 6.27. The standard InChI is InChI=1S/C25H28N4O4/c1-26-10-12-28(13-11-26)29(20-8-6-19(7-9-20)27-14-16-32-17-15-27)25(31)24-18-22(30)21-4-2-3-5-23(21)33-24/h2-9,18H,10-17H2,1H3. The summed E-state index contributed by atoms with van der Waals surface area (Å²) in [5.41, 5.74) is 2.04. The Bertz CT molecular complexity index is 1180. The van der Waals surface area contributed by atoms with Crippen LogP contribution < -0.4 is 15.3 Å². The smallest absolute Gasteiger partial charge is 0.308 e. The molecule has 1 amide bonds. The third-order valence-corrected chi connectivity index (χ3v) is 6.27. The van der Waals surface area contributed by atoms with Gasteiger partial charge in [0.1, 0.15) is 5.58 Å². The number of anilines is 2. The summed E-state index contributed by atoms with van der Waals surface area (Å²) in [6, 6.07) is 16.3. The van der Waals surface area contributed by atoms with Crippen LogP contribution in [0, 0.1) is 0 Å². The lowest BCUT2D eigenvalue weighted by atomic mass is 10.2. The summed E-state index contributed by atoms with van der Waals surface area (Å²) in [6.45, 7) is 6.22.